The molecule has 1 heterocycles. The molecule has 0 radical (unpaired) electrons. The number of nitrogens with zero attached hydrogens (tertiary/aromatic N) is 2. The molecule has 0 aliphatic rings. The van der Waals surface area contributed by atoms with Crippen molar-refractivity contribution in [2.24, 2.45) is 5.10 Å². The van der Waals surface area contributed by atoms with Crippen LogP contribution in [0.3, 0.4) is 0 Å². The number of aryl methyl sites for hydroxylation is 1. The van der Waals surface area contributed by atoms with Crippen molar-refractivity contribution >= 4 is 35.4 Å². The summed E-state index contributed by atoms with van der Waals surface area (Å²) in [5.74, 6) is 1.00. The minimum absolute atomic E-state index is 0.209. The Bertz CT molecular complexity index is 1070. The molecule has 1 aromatic heterocycles. The molecule has 0 aliphatic heterocycles. The van der Waals surface area contributed by atoms with Gasteiger partial charge >= 0.3 is 0 Å². The van der Waals surface area contributed by atoms with E-state index in [9.17, 15) is 4.79 Å². The third kappa shape index (κ3) is 6.34. The molecular weight excluding hydrogens is 411 g/mol. The maximum absolute atomic E-state index is 11.7. The summed E-state index contributed by atoms with van der Waals surface area (Å²) < 4.78 is 5.81. The molecule has 150 valence electrons. The summed E-state index contributed by atoms with van der Waals surface area (Å²) in [6.45, 7) is 2.40. The number of aromatic amines is 1. The Balaban J connectivity index is 1.62. The van der Waals surface area contributed by atoms with E-state index in [4.69, 9.17) is 27.9 Å². The summed E-state index contributed by atoms with van der Waals surface area (Å²) in [5, 5.41) is 5.15. The van der Waals surface area contributed by atoms with Gasteiger partial charge in [-0.05, 0) is 41.8 Å². The van der Waals surface area contributed by atoms with Gasteiger partial charge in [-0.25, -0.2) is 10.4 Å². The van der Waals surface area contributed by atoms with Crippen molar-refractivity contribution in [2.45, 2.75) is 26.4 Å². The Kier molecular flexibility index (Phi) is 7.27. The van der Waals surface area contributed by atoms with Crippen LogP contribution in [0.5, 0.6) is 5.75 Å². The Morgan fingerprint density at radius 2 is 2.03 bits per heavy atom. The number of hydrazone groups is 1. The molecule has 6 nitrogen and oxygen atoms in total. The molecule has 3 rings (SSSR count). The summed E-state index contributed by atoms with van der Waals surface area (Å²) in [6, 6.07) is 14.3. The van der Waals surface area contributed by atoms with E-state index in [0.717, 1.165) is 29.7 Å². The van der Waals surface area contributed by atoms with E-state index in [2.05, 4.69) is 20.5 Å². The number of hydrogen-bond acceptors (Lipinski definition) is 5. The predicted octanol–water partition coefficient (Wildman–Crippen LogP) is 5.05. The van der Waals surface area contributed by atoms with E-state index in [1.165, 1.54) is 6.07 Å². The van der Waals surface area contributed by atoms with E-state index < -0.39 is 0 Å². The van der Waals surface area contributed by atoms with E-state index >= 15 is 0 Å². The molecule has 0 saturated carbocycles. The molecule has 29 heavy (non-hydrogen) atoms. The van der Waals surface area contributed by atoms with Crippen LogP contribution in [0.2, 0.25) is 10.0 Å². The van der Waals surface area contributed by atoms with Crippen molar-refractivity contribution in [2.75, 3.05) is 5.43 Å². The van der Waals surface area contributed by atoms with E-state index in [1.54, 1.807) is 18.3 Å². The molecule has 0 unspecified atom stereocenters. The molecule has 8 heteroatoms. The van der Waals surface area contributed by atoms with Crippen molar-refractivity contribution in [3.05, 3.63) is 85.8 Å². The number of aromatic nitrogens is 2. The summed E-state index contributed by atoms with van der Waals surface area (Å²) in [4.78, 5) is 18.6. The zero-order chi connectivity index (χ0) is 20.6. The molecular formula is C21H20Cl2N4O2. The topological polar surface area (TPSA) is 79.4 Å². The van der Waals surface area contributed by atoms with Gasteiger partial charge in [-0.15, -0.1) is 0 Å². The quantitative estimate of drug-likeness (QED) is 0.386. The number of rotatable bonds is 8. The first-order valence-electron chi connectivity index (χ1n) is 9.09. The smallest absolute Gasteiger partial charge is 0.252 e. The lowest BCUT2D eigenvalue weighted by Crippen LogP contribution is -2.11. The van der Waals surface area contributed by atoms with Gasteiger partial charge in [0.15, 0.2) is 0 Å². The van der Waals surface area contributed by atoms with Crippen molar-refractivity contribution in [1.82, 2.24) is 9.97 Å². The fourth-order valence-corrected chi connectivity index (χ4v) is 2.91. The zero-order valence-electron chi connectivity index (χ0n) is 15.8. The monoisotopic (exact) mass is 430 g/mol. The molecule has 0 bridgehead atoms. The number of H-pyrrole nitrogens is 1. The Morgan fingerprint density at radius 3 is 2.83 bits per heavy atom. The third-order valence-corrected chi connectivity index (χ3v) is 4.67. The molecule has 2 N–H and O–H groups in total. The molecule has 0 spiro atoms. The van der Waals surface area contributed by atoms with Crippen LogP contribution in [0.25, 0.3) is 0 Å². The predicted molar refractivity (Wildman–Crippen MR) is 117 cm³/mol. The second-order valence-electron chi connectivity index (χ2n) is 6.31. The molecule has 0 atom stereocenters. The summed E-state index contributed by atoms with van der Waals surface area (Å²) in [7, 11) is 0. The van der Waals surface area contributed by atoms with Gasteiger partial charge in [0.1, 0.15) is 12.4 Å². The van der Waals surface area contributed by atoms with Gasteiger partial charge in [0.2, 0.25) is 5.95 Å². The van der Waals surface area contributed by atoms with E-state index in [-0.39, 0.29) is 5.56 Å². The highest BCUT2D eigenvalue weighted by Gasteiger charge is 2.02. The maximum atomic E-state index is 11.7. The summed E-state index contributed by atoms with van der Waals surface area (Å²) in [6.07, 6.45) is 3.27. The number of halogens is 2. The average Bonchev–Trinajstić information content (AvgIpc) is 2.69. The van der Waals surface area contributed by atoms with Gasteiger partial charge < -0.3 is 4.74 Å². The van der Waals surface area contributed by atoms with Crippen LogP contribution in [-0.2, 0) is 13.0 Å². The largest absolute Gasteiger partial charge is 0.489 e. The number of benzene rings is 2. The standard InChI is InChI=1S/C21H20Cl2N4O2/c1-2-4-16-11-20(28)26-21(25-16)27-24-12-14-5-3-6-17(9-14)29-13-15-7-8-18(22)19(23)10-15/h3,5-12H,2,4,13H2,1H3,(H2,25,26,27,28)/b24-12+. The molecule has 3 aromatic rings. The fraction of sp³-hybridized carbons (Fsp3) is 0.190. The second-order valence-corrected chi connectivity index (χ2v) is 7.13. The van der Waals surface area contributed by atoms with Crippen LogP contribution in [0.15, 0.2) is 58.4 Å². The van der Waals surface area contributed by atoms with Crippen molar-refractivity contribution in [3.8, 4) is 5.75 Å². The lowest BCUT2D eigenvalue weighted by molar-refractivity contribution is 0.306. The van der Waals surface area contributed by atoms with Crippen molar-refractivity contribution in [1.29, 1.82) is 0 Å². The highest BCUT2D eigenvalue weighted by molar-refractivity contribution is 6.42. The minimum Gasteiger partial charge on any atom is -0.489 e. The highest BCUT2D eigenvalue weighted by atomic mass is 35.5. The first-order chi connectivity index (χ1) is 14.0. The number of anilines is 1. The van der Waals surface area contributed by atoms with E-state index in [1.807, 2.05) is 37.3 Å². The summed E-state index contributed by atoms with van der Waals surface area (Å²) >= 11 is 12.0. The first kappa shape index (κ1) is 20.9. The molecule has 0 fully saturated rings. The van der Waals surface area contributed by atoms with E-state index in [0.29, 0.717) is 28.3 Å². The minimum atomic E-state index is -0.209. The lowest BCUT2D eigenvalue weighted by atomic mass is 10.2. The van der Waals surface area contributed by atoms with Gasteiger partial charge in [-0.2, -0.15) is 5.10 Å². The SMILES string of the molecule is CCCc1cc(=O)[nH]c(N/N=C/c2cccc(OCc3ccc(Cl)c(Cl)c3)c2)n1. The second kappa shape index (κ2) is 10.1. The van der Waals surface area contributed by atoms with Crippen LogP contribution in [-0.4, -0.2) is 16.2 Å². The molecule has 0 amide bonds. The Hall–Kier alpha value is -2.83. The zero-order valence-corrected chi connectivity index (χ0v) is 17.3. The number of ether oxygens (including phenoxy) is 1. The Morgan fingerprint density at radius 1 is 1.17 bits per heavy atom. The maximum Gasteiger partial charge on any atom is 0.252 e. The first-order valence-corrected chi connectivity index (χ1v) is 9.85. The van der Waals surface area contributed by atoms with Gasteiger partial charge in [0, 0.05) is 11.8 Å². The van der Waals surface area contributed by atoms with Gasteiger partial charge in [0.05, 0.1) is 16.3 Å². The third-order valence-electron chi connectivity index (χ3n) is 3.93. The van der Waals surface area contributed by atoms with Crippen LogP contribution in [0.4, 0.5) is 5.95 Å². The van der Waals surface area contributed by atoms with Crippen LogP contribution in [0, 0.1) is 0 Å². The van der Waals surface area contributed by atoms with Crippen LogP contribution >= 0.6 is 23.2 Å². The highest BCUT2D eigenvalue weighted by Crippen LogP contribution is 2.23. The summed E-state index contributed by atoms with van der Waals surface area (Å²) in [5.41, 5.74) is 5.02. The number of hydrogen-bond donors (Lipinski definition) is 2. The van der Waals surface area contributed by atoms with Gasteiger partial charge in [-0.3, -0.25) is 9.78 Å². The van der Waals surface area contributed by atoms with Crippen molar-refractivity contribution < 1.29 is 4.74 Å². The average molecular weight is 431 g/mol. The van der Waals surface area contributed by atoms with Crippen LogP contribution in [0.1, 0.15) is 30.2 Å². The fourth-order valence-electron chi connectivity index (χ4n) is 2.59. The molecule has 0 aliphatic carbocycles. The Labute approximate surface area is 178 Å². The molecule has 0 saturated heterocycles. The number of nitrogens with one attached hydrogen (secondary N) is 2. The lowest BCUT2D eigenvalue weighted by Gasteiger charge is -2.08. The normalized spacial score (nSPS) is 11.0. The van der Waals surface area contributed by atoms with Crippen LogP contribution < -0.4 is 15.7 Å². The van der Waals surface area contributed by atoms with Gasteiger partial charge in [-0.1, -0.05) is 54.7 Å². The van der Waals surface area contributed by atoms with Gasteiger partial charge in [0.25, 0.3) is 5.56 Å². The van der Waals surface area contributed by atoms with Crippen molar-refractivity contribution in [3.63, 3.8) is 0 Å². The molecule has 2 aromatic carbocycles.